The number of imidazole rings is 1. The fraction of sp³-hybridized carbons (Fsp3) is 0.333. The molecular weight excluding hydrogens is 464 g/mol. The molecule has 0 radical (unpaired) electrons. The highest BCUT2D eigenvalue weighted by Crippen LogP contribution is 2.36. The van der Waals surface area contributed by atoms with Crippen LogP contribution < -0.4 is 0 Å². The number of aromatic amines is 1. The molecule has 5 heterocycles. The highest BCUT2D eigenvalue weighted by molar-refractivity contribution is 9.10. The monoisotopic (exact) mass is 484 g/mol. The summed E-state index contributed by atoms with van der Waals surface area (Å²) in [4.78, 5) is 27.4. The molecule has 1 aliphatic rings. The molecule has 0 spiro atoms. The van der Waals surface area contributed by atoms with Gasteiger partial charge in [0.1, 0.15) is 11.6 Å². The normalized spacial score (nSPS) is 16.6. The molecule has 0 bridgehead atoms. The van der Waals surface area contributed by atoms with Gasteiger partial charge in [0.15, 0.2) is 4.60 Å². The molecule has 0 aliphatic carbocycles. The standard InChI is InChI=1S/C21H21BrN6O3/c1-21(2,30-3)20-25-18(22)17(31-20)19(29)27-9-7-13-15(24-11-23-13)16(27)14-10-12-6-4-5-8-28(12)26-14/h4-6,8,10-11,16H,7,9H2,1-3H3,(H,23,24)/t16-/m0/s1. The number of halogens is 1. The van der Waals surface area contributed by atoms with Crippen molar-refractivity contribution in [1.82, 2.24) is 29.5 Å². The zero-order valence-corrected chi connectivity index (χ0v) is 18.9. The molecule has 1 amide bonds. The number of carbonyl (C=O) groups excluding carboxylic acids is 1. The number of pyridine rings is 1. The lowest BCUT2D eigenvalue weighted by Gasteiger charge is -2.33. The van der Waals surface area contributed by atoms with Crippen molar-refractivity contribution in [3.05, 3.63) is 70.1 Å². The van der Waals surface area contributed by atoms with Crippen LogP contribution in [0.3, 0.4) is 0 Å². The maximum absolute atomic E-state index is 13.6. The number of hydrogen-bond donors (Lipinski definition) is 1. The van der Waals surface area contributed by atoms with Crippen molar-refractivity contribution in [2.24, 2.45) is 0 Å². The molecule has 0 aromatic carbocycles. The molecule has 9 nitrogen and oxygen atoms in total. The Morgan fingerprint density at radius 3 is 3.00 bits per heavy atom. The summed E-state index contributed by atoms with van der Waals surface area (Å²) in [6, 6.07) is 7.37. The molecule has 1 atom stereocenters. The van der Waals surface area contributed by atoms with Crippen molar-refractivity contribution < 1.29 is 13.9 Å². The van der Waals surface area contributed by atoms with Crippen LogP contribution in [0.15, 0.2) is 45.8 Å². The van der Waals surface area contributed by atoms with Crippen LogP contribution in [0.5, 0.6) is 0 Å². The van der Waals surface area contributed by atoms with Gasteiger partial charge in [0, 0.05) is 32.0 Å². The fourth-order valence-electron chi connectivity index (χ4n) is 3.80. The summed E-state index contributed by atoms with van der Waals surface area (Å²) in [5.41, 5.74) is 2.71. The summed E-state index contributed by atoms with van der Waals surface area (Å²) in [5, 5.41) is 4.71. The predicted octanol–water partition coefficient (Wildman–Crippen LogP) is 3.48. The quantitative estimate of drug-likeness (QED) is 0.475. The van der Waals surface area contributed by atoms with Crippen LogP contribution in [0.1, 0.15) is 53.4 Å². The molecule has 160 valence electrons. The zero-order chi connectivity index (χ0) is 21.8. The SMILES string of the molecule is COC(C)(C)c1nc(Br)c(C(=O)N2CCc3[nH]cnc3[C@@H]2c2cc3ccccn3n2)o1. The molecule has 0 saturated heterocycles. The summed E-state index contributed by atoms with van der Waals surface area (Å²) < 4.78 is 13.5. The second-order valence-electron chi connectivity index (χ2n) is 7.91. The predicted molar refractivity (Wildman–Crippen MR) is 115 cm³/mol. The van der Waals surface area contributed by atoms with Crippen LogP contribution >= 0.6 is 15.9 Å². The lowest BCUT2D eigenvalue weighted by Crippen LogP contribution is -2.41. The van der Waals surface area contributed by atoms with E-state index in [1.165, 1.54) is 0 Å². The Bertz CT molecular complexity index is 1240. The second kappa shape index (κ2) is 7.31. The van der Waals surface area contributed by atoms with E-state index in [1.807, 2.05) is 44.3 Å². The number of carbonyl (C=O) groups is 1. The maximum Gasteiger partial charge on any atom is 0.293 e. The molecule has 0 unspecified atom stereocenters. The van der Waals surface area contributed by atoms with Crippen LogP contribution in [-0.2, 0) is 16.8 Å². The van der Waals surface area contributed by atoms with Gasteiger partial charge in [-0.1, -0.05) is 6.07 Å². The molecule has 10 heteroatoms. The first-order valence-electron chi connectivity index (χ1n) is 9.88. The largest absolute Gasteiger partial charge is 0.431 e. The number of amides is 1. The van der Waals surface area contributed by atoms with Crippen molar-refractivity contribution in [2.45, 2.75) is 31.9 Å². The Kier molecular flexibility index (Phi) is 4.71. The van der Waals surface area contributed by atoms with E-state index in [-0.39, 0.29) is 11.7 Å². The van der Waals surface area contributed by atoms with Crippen molar-refractivity contribution in [2.75, 3.05) is 13.7 Å². The zero-order valence-electron chi connectivity index (χ0n) is 17.3. The van der Waals surface area contributed by atoms with Gasteiger partial charge in [-0.2, -0.15) is 5.10 Å². The Hall–Kier alpha value is -2.98. The first kappa shape index (κ1) is 20.0. The maximum atomic E-state index is 13.6. The van der Waals surface area contributed by atoms with Crippen molar-refractivity contribution in [3.63, 3.8) is 0 Å². The minimum atomic E-state index is -0.765. The van der Waals surface area contributed by atoms with Crippen molar-refractivity contribution in [1.29, 1.82) is 0 Å². The summed E-state index contributed by atoms with van der Waals surface area (Å²) in [7, 11) is 1.57. The minimum absolute atomic E-state index is 0.132. The van der Waals surface area contributed by atoms with E-state index in [2.05, 4.69) is 30.9 Å². The number of ether oxygens (including phenoxy) is 1. The summed E-state index contributed by atoms with van der Waals surface area (Å²) in [5.74, 6) is 0.174. The highest BCUT2D eigenvalue weighted by Gasteiger charge is 2.39. The second-order valence-corrected chi connectivity index (χ2v) is 8.66. The first-order chi connectivity index (χ1) is 14.9. The van der Waals surface area contributed by atoms with E-state index in [4.69, 9.17) is 14.3 Å². The van der Waals surface area contributed by atoms with E-state index in [0.29, 0.717) is 23.5 Å². The third kappa shape index (κ3) is 3.26. The van der Waals surface area contributed by atoms with Gasteiger partial charge in [-0.3, -0.25) is 4.79 Å². The molecule has 4 aromatic rings. The van der Waals surface area contributed by atoms with E-state index in [9.17, 15) is 4.79 Å². The molecule has 1 aliphatic heterocycles. The fourth-order valence-corrected chi connectivity index (χ4v) is 4.21. The molecule has 31 heavy (non-hydrogen) atoms. The molecule has 4 aromatic heterocycles. The van der Waals surface area contributed by atoms with Gasteiger partial charge < -0.3 is 19.0 Å². The third-order valence-electron chi connectivity index (χ3n) is 5.66. The lowest BCUT2D eigenvalue weighted by molar-refractivity contribution is -0.00468. The van der Waals surface area contributed by atoms with Gasteiger partial charge >= 0.3 is 0 Å². The van der Waals surface area contributed by atoms with E-state index in [0.717, 1.165) is 22.6 Å². The number of nitrogens with zero attached hydrogens (tertiary/aromatic N) is 5. The van der Waals surface area contributed by atoms with Gasteiger partial charge in [-0.15, -0.1) is 0 Å². The number of aromatic nitrogens is 5. The van der Waals surface area contributed by atoms with Crippen LogP contribution in [0.4, 0.5) is 0 Å². The topological polar surface area (TPSA) is 102 Å². The Balaban J connectivity index is 1.58. The number of oxazole rings is 1. The number of rotatable bonds is 4. The van der Waals surface area contributed by atoms with Crippen LogP contribution in [0.2, 0.25) is 0 Å². The molecule has 5 rings (SSSR count). The first-order valence-corrected chi connectivity index (χ1v) is 10.7. The number of hydrogen-bond acceptors (Lipinski definition) is 6. The molecule has 0 fully saturated rings. The summed E-state index contributed by atoms with van der Waals surface area (Å²) >= 11 is 3.39. The molecule has 1 N–H and O–H groups in total. The summed E-state index contributed by atoms with van der Waals surface area (Å²) in [6.07, 6.45) is 4.20. The third-order valence-corrected chi connectivity index (χ3v) is 6.20. The van der Waals surface area contributed by atoms with Gasteiger partial charge in [-0.05, 0) is 48.0 Å². The van der Waals surface area contributed by atoms with Gasteiger partial charge in [0.2, 0.25) is 11.7 Å². The Morgan fingerprint density at radius 1 is 1.39 bits per heavy atom. The average Bonchev–Trinajstić information content (AvgIpc) is 3.49. The number of nitrogens with one attached hydrogen (secondary N) is 1. The minimum Gasteiger partial charge on any atom is -0.431 e. The Labute approximate surface area is 186 Å². The molecular formula is C21H21BrN6O3. The number of fused-ring (bicyclic) bond motifs is 2. The Morgan fingerprint density at radius 2 is 2.23 bits per heavy atom. The lowest BCUT2D eigenvalue weighted by atomic mass is 9.99. The number of H-pyrrole nitrogens is 1. The van der Waals surface area contributed by atoms with E-state index < -0.39 is 11.6 Å². The van der Waals surface area contributed by atoms with Crippen LogP contribution in [-0.4, -0.2) is 49.0 Å². The highest BCUT2D eigenvalue weighted by atomic mass is 79.9. The van der Waals surface area contributed by atoms with E-state index >= 15 is 0 Å². The van der Waals surface area contributed by atoms with Crippen molar-refractivity contribution >= 4 is 27.4 Å². The van der Waals surface area contributed by atoms with Gasteiger partial charge in [-0.25, -0.2) is 14.5 Å². The average molecular weight is 485 g/mol. The smallest absolute Gasteiger partial charge is 0.293 e. The van der Waals surface area contributed by atoms with Gasteiger partial charge in [0.05, 0.1) is 23.2 Å². The van der Waals surface area contributed by atoms with Crippen LogP contribution in [0.25, 0.3) is 5.52 Å². The number of methoxy groups -OCH3 is 1. The van der Waals surface area contributed by atoms with Gasteiger partial charge in [0.25, 0.3) is 5.91 Å². The molecule has 0 saturated carbocycles. The van der Waals surface area contributed by atoms with Crippen LogP contribution in [0, 0.1) is 0 Å². The van der Waals surface area contributed by atoms with Crippen molar-refractivity contribution in [3.8, 4) is 0 Å². The summed E-state index contributed by atoms with van der Waals surface area (Å²) in [6.45, 7) is 4.15. The van der Waals surface area contributed by atoms with E-state index in [1.54, 1.807) is 22.9 Å².